The van der Waals surface area contributed by atoms with Crippen molar-refractivity contribution in [1.29, 1.82) is 0 Å². The van der Waals surface area contributed by atoms with E-state index in [1.807, 2.05) is 24.3 Å². The van der Waals surface area contributed by atoms with Gasteiger partial charge in [0, 0.05) is 11.4 Å². The van der Waals surface area contributed by atoms with Gasteiger partial charge in [0.05, 0.1) is 12.0 Å². The van der Waals surface area contributed by atoms with Crippen molar-refractivity contribution in [1.82, 2.24) is 10.2 Å². The first-order valence-corrected chi connectivity index (χ1v) is 9.95. The van der Waals surface area contributed by atoms with E-state index in [0.29, 0.717) is 19.2 Å². The Morgan fingerprint density at radius 3 is 2.88 bits per heavy atom. The molecule has 4 nitrogen and oxygen atoms in total. The third-order valence-electron chi connectivity index (χ3n) is 5.17. The van der Waals surface area contributed by atoms with Gasteiger partial charge in [-0.1, -0.05) is 24.3 Å². The van der Waals surface area contributed by atoms with Crippen LogP contribution in [0.25, 0.3) is 0 Å². The molecular formula is C20H24N2O2S. The van der Waals surface area contributed by atoms with E-state index in [-0.39, 0.29) is 11.8 Å². The SMILES string of the molecule is O=C(NCC(c1cccs1)N1CCCC1)C1COc2ccccc2C1. The molecule has 1 saturated heterocycles. The van der Waals surface area contributed by atoms with Gasteiger partial charge in [-0.05, 0) is 55.4 Å². The molecule has 2 aliphatic rings. The predicted octanol–water partition coefficient (Wildman–Crippen LogP) is 3.25. The fraction of sp³-hybridized carbons (Fsp3) is 0.450. The highest BCUT2D eigenvalue weighted by Crippen LogP contribution is 2.29. The van der Waals surface area contributed by atoms with Gasteiger partial charge in [0.1, 0.15) is 12.4 Å². The Morgan fingerprint density at radius 2 is 2.08 bits per heavy atom. The van der Waals surface area contributed by atoms with E-state index in [1.165, 1.54) is 17.7 Å². The van der Waals surface area contributed by atoms with Crippen molar-refractivity contribution in [3.05, 3.63) is 52.2 Å². The van der Waals surface area contributed by atoms with E-state index in [4.69, 9.17) is 4.74 Å². The zero-order chi connectivity index (χ0) is 17.1. The molecule has 0 radical (unpaired) electrons. The Kier molecular flexibility index (Phi) is 5.04. The molecule has 0 bridgehead atoms. The maximum atomic E-state index is 12.7. The molecule has 0 saturated carbocycles. The number of benzene rings is 1. The van der Waals surface area contributed by atoms with Crippen LogP contribution in [-0.2, 0) is 11.2 Å². The van der Waals surface area contributed by atoms with Crippen LogP contribution in [0, 0.1) is 5.92 Å². The molecule has 1 N–H and O–H groups in total. The summed E-state index contributed by atoms with van der Waals surface area (Å²) in [4.78, 5) is 16.5. The lowest BCUT2D eigenvalue weighted by molar-refractivity contribution is -0.126. The number of carbonyl (C=O) groups excluding carboxylic acids is 1. The number of nitrogens with zero attached hydrogens (tertiary/aromatic N) is 1. The normalized spacial score (nSPS) is 21.4. The summed E-state index contributed by atoms with van der Waals surface area (Å²) in [6.07, 6.45) is 3.27. The molecule has 25 heavy (non-hydrogen) atoms. The number of hydrogen-bond acceptors (Lipinski definition) is 4. The van der Waals surface area contributed by atoms with E-state index in [9.17, 15) is 4.79 Å². The van der Waals surface area contributed by atoms with E-state index in [1.54, 1.807) is 11.3 Å². The molecule has 2 unspecified atom stereocenters. The van der Waals surface area contributed by atoms with Crippen LogP contribution in [0.2, 0.25) is 0 Å². The van der Waals surface area contributed by atoms with Gasteiger partial charge >= 0.3 is 0 Å². The molecule has 2 aliphatic heterocycles. The molecule has 132 valence electrons. The number of rotatable bonds is 5. The molecule has 0 aliphatic carbocycles. The Hall–Kier alpha value is -1.85. The highest BCUT2D eigenvalue weighted by Gasteiger charge is 2.28. The lowest BCUT2D eigenvalue weighted by Crippen LogP contribution is -2.42. The Morgan fingerprint density at radius 1 is 1.24 bits per heavy atom. The van der Waals surface area contributed by atoms with Gasteiger partial charge in [0.25, 0.3) is 0 Å². The summed E-state index contributed by atoms with van der Waals surface area (Å²) in [6.45, 7) is 3.39. The van der Waals surface area contributed by atoms with Crippen LogP contribution >= 0.6 is 11.3 Å². The fourth-order valence-electron chi connectivity index (χ4n) is 3.78. The number of fused-ring (bicyclic) bond motifs is 1. The molecular weight excluding hydrogens is 332 g/mol. The molecule has 2 atom stereocenters. The van der Waals surface area contributed by atoms with Gasteiger partial charge in [-0.2, -0.15) is 0 Å². The zero-order valence-electron chi connectivity index (χ0n) is 14.3. The first-order valence-electron chi connectivity index (χ1n) is 9.07. The Labute approximate surface area is 152 Å². The summed E-state index contributed by atoms with van der Waals surface area (Å²) in [5.74, 6) is 0.924. The lowest BCUT2D eigenvalue weighted by Gasteiger charge is -2.29. The summed E-state index contributed by atoms with van der Waals surface area (Å²) < 4.78 is 5.77. The van der Waals surface area contributed by atoms with Crippen molar-refractivity contribution in [2.45, 2.75) is 25.3 Å². The third kappa shape index (κ3) is 3.72. The first kappa shape index (κ1) is 16.6. The number of nitrogens with one attached hydrogen (secondary N) is 1. The molecule has 1 aromatic heterocycles. The summed E-state index contributed by atoms with van der Waals surface area (Å²) in [5.41, 5.74) is 1.13. The van der Waals surface area contributed by atoms with Crippen LogP contribution in [0.4, 0.5) is 0 Å². The fourth-order valence-corrected chi connectivity index (χ4v) is 4.64. The third-order valence-corrected chi connectivity index (χ3v) is 6.15. The van der Waals surface area contributed by atoms with Crippen LogP contribution in [-0.4, -0.2) is 37.0 Å². The topological polar surface area (TPSA) is 41.6 Å². The van der Waals surface area contributed by atoms with E-state index in [2.05, 4.69) is 27.7 Å². The maximum absolute atomic E-state index is 12.7. The number of likely N-dealkylation sites (tertiary alicyclic amines) is 1. The monoisotopic (exact) mass is 356 g/mol. The number of amides is 1. The summed E-state index contributed by atoms with van der Waals surface area (Å²) in [6, 6.07) is 12.6. The van der Waals surface area contributed by atoms with Gasteiger partial charge in [0.15, 0.2) is 0 Å². The minimum absolute atomic E-state index is 0.0996. The van der Waals surface area contributed by atoms with Gasteiger partial charge < -0.3 is 10.1 Å². The highest BCUT2D eigenvalue weighted by molar-refractivity contribution is 7.10. The van der Waals surface area contributed by atoms with E-state index < -0.39 is 0 Å². The largest absolute Gasteiger partial charge is 0.492 e. The Bertz CT molecular complexity index is 710. The second kappa shape index (κ2) is 7.58. The first-order chi connectivity index (χ1) is 12.3. The van der Waals surface area contributed by atoms with E-state index in [0.717, 1.165) is 30.8 Å². The second-order valence-corrected chi connectivity index (χ2v) is 7.82. The number of hydrogen-bond donors (Lipinski definition) is 1. The molecule has 1 aromatic carbocycles. The number of carbonyl (C=O) groups is 1. The highest BCUT2D eigenvalue weighted by atomic mass is 32.1. The Balaban J connectivity index is 1.38. The molecule has 5 heteroatoms. The second-order valence-electron chi connectivity index (χ2n) is 6.84. The minimum atomic E-state index is -0.0996. The number of para-hydroxylation sites is 1. The average Bonchev–Trinajstić information content (AvgIpc) is 3.36. The molecule has 1 fully saturated rings. The van der Waals surface area contributed by atoms with Gasteiger partial charge in [-0.25, -0.2) is 0 Å². The van der Waals surface area contributed by atoms with Gasteiger partial charge in [-0.3, -0.25) is 9.69 Å². The molecule has 0 spiro atoms. The summed E-state index contributed by atoms with van der Waals surface area (Å²) in [7, 11) is 0. The molecule has 4 rings (SSSR count). The predicted molar refractivity (Wildman–Crippen MR) is 100 cm³/mol. The van der Waals surface area contributed by atoms with E-state index >= 15 is 0 Å². The number of ether oxygens (including phenoxy) is 1. The smallest absolute Gasteiger partial charge is 0.226 e. The van der Waals surface area contributed by atoms with Crippen molar-refractivity contribution in [3.63, 3.8) is 0 Å². The number of thiophene rings is 1. The van der Waals surface area contributed by atoms with Gasteiger partial charge in [0.2, 0.25) is 5.91 Å². The van der Waals surface area contributed by atoms with Crippen LogP contribution in [0.3, 0.4) is 0 Å². The van der Waals surface area contributed by atoms with Crippen molar-refractivity contribution in [3.8, 4) is 5.75 Å². The van der Waals surface area contributed by atoms with Crippen molar-refractivity contribution < 1.29 is 9.53 Å². The minimum Gasteiger partial charge on any atom is -0.492 e. The van der Waals surface area contributed by atoms with Crippen molar-refractivity contribution in [2.24, 2.45) is 5.92 Å². The lowest BCUT2D eigenvalue weighted by atomic mass is 9.96. The van der Waals surface area contributed by atoms with Crippen LogP contribution in [0.5, 0.6) is 5.75 Å². The van der Waals surface area contributed by atoms with Crippen LogP contribution in [0.1, 0.15) is 29.3 Å². The van der Waals surface area contributed by atoms with Crippen molar-refractivity contribution in [2.75, 3.05) is 26.2 Å². The molecule has 1 amide bonds. The summed E-state index contributed by atoms with van der Waals surface area (Å²) >= 11 is 1.78. The maximum Gasteiger partial charge on any atom is 0.226 e. The van der Waals surface area contributed by atoms with Crippen molar-refractivity contribution >= 4 is 17.2 Å². The van der Waals surface area contributed by atoms with Crippen LogP contribution in [0.15, 0.2) is 41.8 Å². The zero-order valence-corrected chi connectivity index (χ0v) is 15.1. The van der Waals surface area contributed by atoms with Gasteiger partial charge in [-0.15, -0.1) is 11.3 Å². The average molecular weight is 356 g/mol. The molecule has 2 aromatic rings. The summed E-state index contributed by atoms with van der Waals surface area (Å²) in [5, 5.41) is 5.31. The quantitative estimate of drug-likeness (QED) is 0.894. The standard InChI is InChI=1S/C20H24N2O2S/c23-20(16-12-15-6-1-2-7-18(15)24-14-16)21-13-17(19-8-5-11-25-19)22-9-3-4-10-22/h1-2,5-8,11,16-17H,3-4,9-10,12-14H2,(H,21,23). The van der Waals surface area contributed by atoms with Crippen LogP contribution < -0.4 is 10.1 Å². The molecule has 3 heterocycles.